The van der Waals surface area contributed by atoms with E-state index in [1.807, 2.05) is 0 Å². The zero-order valence-corrected chi connectivity index (χ0v) is 17.3. The van der Waals surface area contributed by atoms with E-state index in [1.165, 1.54) is 36.8 Å². The Hall–Kier alpha value is -2.10. The Morgan fingerprint density at radius 1 is 1.29 bits per heavy atom. The molecule has 2 heterocycles. The number of carbonyl (C=O) groups excluding carboxylic acids is 2. The van der Waals surface area contributed by atoms with Crippen LogP contribution in [0, 0.1) is 6.92 Å². The van der Waals surface area contributed by atoms with Crippen molar-refractivity contribution in [2.24, 2.45) is 0 Å². The van der Waals surface area contributed by atoms with Crippen LogP contribution in [0.5, 0.6) is 11.5 Å². The van der Waals surface area contributed by atoms with E-state index in [4.69, 9.17) is 21.1 Å². The van der Waals surface area contributed by atoms with Gasteiger partial charge in [-0.05, 0) is 43.0 Å². The van der Waals surface area contributed by atoms with Crippen molar-refractivity contribution in [2.75, 3.05) is 7.11 Å². The minimum atomic E-state index is -2.57. The van der Waals surface area contributed by atoms with Gasteiger partial charge in [0.2, 0.25) is 0 Å². The second kappa shape index (κ2) is 8.10. The van der Waals surface area contributed by atoms with Gasteiger partial charge in [0.1, 0.15) is 5.75 Å². The molecule has 3 aromatic rings. The highest BCUT2D eigenvalue weighted by Crippen LogP contribution is 2.40. The van der Waals surface area contributed by atoms with Gasteiger partial charge < -0.3 is 9.47 Å². The van der Waals surface area contributed by atoms with E-state index < -0.39 is 17.6 Å². The Bertz CT molecular complexity index is 1080. The van der Waals surface area contributed by atoms with Crippen molar-refractivity contribution >= 4 is 57.5 Å². The summed E-state index contributed by atoms with van der Waals surface area (Å²) >= 11 is 7.55. The molecular weight excluding hydrogens is 432 g/mol. The van der Waals surface area contributed by atoms with E-state index >= 15 is 0 Å². The molecule has 0 N–H and O–H groups in total. The molecule has 0 amide bonds. The third-order valence-corrected chi connectivity index (χ3v) is 6.11. The molecular formula is C18H14ClF2NO4S2. The first-order valence-corrected chi connectivity index (χ1v) is 9.96. The lowest BCUT2D eigenvalue weighted by Crippen LogP contribution is -2.12. The van der Waals surface area contributed by atoms with Crippen LogP contribution in [0.2, 0.25) is 5.02 Å². The number of hydrogen-bond donors (Lipinski definition) is 0. The number of esters is 1. The molecule has 0 aliphatic carbocycles. The molecule has 0 aliphatic rings. The van der Waals surface area contributed by atoms with Gasteiger partial charge >= 0.3 is 5.97 Å². The normalized spacial score (nSPS) is 11.2. The minimum Gasteiger partial charge on any atom is -0.495 e. The molecule has 5 nitrogen and oxygen atoms in total. The number of fused-ring (bicyclic) bond motifs is 1. The Morgan fingerprint density at radius 2 is 2.00 bits per heavy atom. The average molecular weight is 446 g/mol. The maximum Gasteiger partial charge on any atom is 0.308 e. The third kappa shape index (κ3) is 3.87. The molecule has 0 spiro atoms. The number of thioether (sulfide) groups is 1. The number of hydrogen-bond acceptors (Lipinski definition) is 6. The Balaban J connectivity index is 2.18. The van der Waals surface area contributed by atoms with Gasteiger partial charge in [-0.15, -0.1) is 11.3 Å². The maximum absolute atomic E-state index is 13.1. The van der Waals surface area contributed by atoms with Crippen LogP contribution in [0.4, 0.5) is 8.78 Å². The zero-order valence-electron chi connectivity index (χ0n) is 14.9. The number of nitrogens with zero attached hydrogens (tertiary/aromatic N) is 1. The van der Waals surface area contributed by atoms with Crippen LogP contribution in [0.1, 0.15) is 22.3 Å². The van der Waals surface area contributed by atoms with Crippen LogP contribution in [-0.4, -0.2) is 29.3 Å². The van der Waals surface area contributed by atoms with Crippen molar-refractivity contribution in [1.82, 2.24) is 4.57 Å². The number of rotatable bonds is 5. The van der Waals surface area contributed by atoms with E-state index in [0.29, 0.717) is 38.3 Å². The van der Waals surface area contributed by atoms with Crippen LogP contribution < -0.4 is 9.47 Å². The molecule has 0 saturated heterocycles. The summed E-state index contributed by atoms with van der Waals surface area (Å²) in [6, 6.07) is 6.08. The van der Waals surface area contributed by atoms with E-state index in [2.05, 4.69) is 0 Å². The first-order chi connectivity index (χ1) is 13.2. The highest BCUT2D eigenvalue weighted by atomic mass is 35.5. The summed E-state index contributed by atoms with van der Waals surface area (Å²) < 4.78 is 37.3. The summed E-state index contributed by atoms with van der Waals surface area (Å²) in [5.74, 6) is -2.98. The van der Waals surface area contributed by atoms with E-state index in [-0.39, 0.29) is 15.6 Å². The number of carbonyl (C=O) groups is 2. The lowest BCUT2D eigenvalue weighted by atomic mass is 10.2. The van der Waals surface area contributed by atoms with Crippen LogP contribution >= 0.6 is 34.7 Å². The first kappa shape index (κ1) is 20.6. The second-order valence-corrected chi connectivity index (χ2v) is 8.43. The molecule has 28 heavy (non-hydrogen) atoms. The molecule has 0 aliphatic heterocycles. The summed E-state index contributed by atoms with van der Waals surface area (Å²) in [7, 11) is 1.45. The zero-order chi connectivity index (χ0) is 20.6. The monoisotopic (exact) mass is 445 g/mol. The predicted octanol–water partition coefficient (Wildman–Crippen LogP) is 5.60. The summed E-state index contributed by atoms with van der Waals surface area (Å²) in [5, 5.41) is 0.747. The fourth-order valence-corrected chi connectivity index (χ4v) is 4.68. The molecule has 0 bridgehead atoms. The van der Waals surface area contributed by atoms with Crippen LogP contribution in [-0.2, 0) is 4.79 Å². The van der Waals surface area contributed by atoms with Crippen LogP contribution in [0.15, 0.2) is 28.5 Å². The number of benzene rings is 1. The van der Waals surface area contributed by atoms with Gasteiger partial charge in [-0.2, -0.15) is 8.78 Å². The molecule has 10 heteroatoms. The molecule has 1 aromatic carbocycles. The van der Waals surface area contributed by atoms with Crippen molar-refractivity contribution in [1.29, 1.82) is 0 Å². The summed E-state index contributed by atoms with van der Waals surface area (Å²) in [5.41, 5.74) is 0.803. The third-order valence-electron chi connectivity index (χ3n) is 3.87. The van der Waals surface area contributed by atoms with Gasteiger partial charge in [0.15, 0.2) is 5.75 Å². The summed E-state index contributed by atoms with van der Waals surface area (Å²) in [4.78, 5) is 24.9. The van der Waals surface area contributed by atoms with E-state index in [0.717, 1.165) is 11.3 Å². The van der Waals surface area contributed by atoms with Crippen molar-refractivity contribution in [3.05, 3.63) is 39.9 Å². The molecule has 0 saturated carbocycles. The number of thiophene rings is 1. The smallest absolute Gasteiger partial charge is 0.308 e. The molecule has 3 rings (SSSR count). The quantitative estimate of drug-likeness (QED) is 0.378. The maximum atomic E-state index is 13.1. The van der Waals surface area contributed by atoms with Crippen molar-refractivity contribution in [3.63, 3.8) is 0 Å². The van der Waals surface area contributed by atoms with E-state index in [9.17, 15) is 18.4 Å². The largest absolute Gasteiger partial charge is 0.495 e. The Kier molecular flexibility index (Phi) is 5.97. The SMILES string of the molecule is COc1cc2c(OC(C)=O)c(C)n(C(=O)c3ccc(SC(F)F)s3)c2cc1Cl. The lowest BCUT2D eigenvalue weighted by Gasteiger charge is -2.07. The Morgan fingerprint density at radius 3 is 2.61 bits per heavy atom. The summed E-state index contributed by atoms with van der Waals surface area (Å²) in [6.45, 7) is 2.88. The highest BCUT2D eigenvalue weighted by Gasteiger charge is 2.25. The van der Waals surface area contributed by atoms with Gasteiger partial charge in [-0.25, -0.2) is 0 Å². The van der Waals surface area contributed by atoms with Gasteiger partial charge in [0.05, 0.1) is 32.4 Å². The number of alkyl halides is 2. The van der Waals surface area contributed by atoms with E-state index in [1.54, 1.807) is 13.0 Å². The second-order valence-electron chi connectivity index (χ2n) is 5.65. The minimum absolute atomic E-state index is 0.213. The number of ether oxygens (including phenoxy) is 2. The Labute approximate surface area is 172 Å². The number of methoxy groups -OCH3 is 1. The number of aromatic nitrogens is 1. The fraction of sp³-hybridized carbons (Fsp3) is 0.222. The molecule has 0 radical (unpaired) electrons. The molecule has 0 atom stereocenters. The fourth-order valence-electron chi connectivity index (χ4n) is 2.77. The van der Waals surface area contributed by atoms with Crippen molar-refractivity contribution in [2.45, 2.75) is 23.8 Å². The molecule has 0 fully saturated rings. The van der Waals surface area contributed by atoms with Gasteiger partial charge in [0.25, 0.3) is 11.7 Å². The molecule has 0 unspecified atom stereocenters. The van der Waals surface area contributed by atoms with Gasteiger partial charge in [-0.3, -0.25) is 14.2 Å². The molecule has 148 valence electrons. The average Bonchev–Trinajstić information content (AvgIpc) is 3.16. The van der Waals surface area contributed by atoms with Gasteiger partial charge in [0, 0.05) is 12.3 Å². The topological polar surface area (TPSA) is 57.5 Å². The first-order valence-electron chi connectivity index (χ1n) is 7.89. The van der Waals surface area contributed by atoms with Crippen molar-refractivity contribution < 1.29 is 27.8 Å². The predicted molar refractivity (Wildman–Crippen MR) is 105 cm³/mol. The number of halogens is 3. The standard InChI is InChI=1S/C18H14ClF2NO4S2/c1-8-16(26-9(2)23)10-6-13(25-3)11(19)7-12(10)22(8)17(24)14-4-5-15(27-14)28-18(20)21/h4-7,18H,1-3H3. The summed E-state index contributed by atoms with van der Waals surface area (Å²) in [6.07, 6.45) is 0. The highest BCUT2D eigenvalue weighted by molar-refractivity contribution is 8.01. The van der Waals surface area contributed by atoms with Crippen molar-refractivity contribution in [3.8, 4) is 11.5 Å². The lowest BCUT2D eigenvalue weighted by molar-refractivity contribution is -0.131. The van der Waals surface area contributed by atoms with Gasteiger partial charge in [-0.1, -0.05) is 11.6 Å². The molecule has 2 aromatic heterocycles. The van der Waals surface area contributed by atoms with Crippen LogP contribution in [0.25, 0.3) is 10.9 Å². The van der Waals surface area contributed by atoms with Crippen LogP contribution in [0.3, 0.4) is 0 Å².